The number of aryl methyl sites for hydroxylation is 1. The topological polar surface area (TPSA) is 96.8 Å². The first kappa shape index (κ1) is 22.6. The molecular weight excluding hydrogens is 471 g/mol. The molecule has 1 aromatic heterocycles. The van der Waals surface area contributed by atoms with E-state index in [4.69, 9.17) is 16.3 Å². The maximum atomic E-state index is 13.6. The summed E-state index contributed by atoms with van der Waals surface area (Å²) in [5.41, 5.74) is 0.773. The molecule has 2 aromatic carbocycles. The number of aromatic nitrogens is 1. The van der Waals surface area contributed by atoms with Crippen LogP contribution in [-0.4, -0.2) is 34.9 Å². The van der Waals surface area contributed by atoms with Crippen LogP contribution < -0.4 is 4.90 Å². The molecule has 0 spiro atoms. The number of hydrogen-bond donors (Lipinski definition) is 1. The van der Waals surface area contributed by atoms with Gasteiger partial charge < -0.3 is 9.84 Å². The highest BCUT2D eigenvalue weighted by molar-refractivity contribution is 7.17. The smallest absolute Gasteiger partial charge is 0.350 e. The predicted octanol–water partition coefficient (Wildman–Crippen LogP) is 4.66. The van der Waals surface area contributed by atoms with E-state index in [9.17, 15) is 23.9 Å². The Morgan fingerprint density at radius 1 is 1.15 bits per heavy atom. The Hall–Kier alpha value is -3.56. The summed E-state index contributed by atoms with van der Waals surface area (Å²) in [5.74, 6) is -3.43. The van der Waals surface area contributed by atoms with Gasteiger partial charge in [0.15, 0.2) is 5.13 Å². The summed E-state index contributed by atoms with van der Waals surface area (Å²) in [6.45, 7) is 1.57. The summed E-state index contributed by atoms with van der Waals surface area (Å²) in [7, 11) is 1.22. The highest BCUT2D eigenvalue weighted by Gasteiger charge is 2.48. The Labute approximate surface area is 196 Å². The van der Waals surface area contributed by atoms with Crippen molar-refractivity contribution in [3.05, 3.63) is 86.6 Å². The first-order chi connectivity index (χ1) is 15.7. The summed E-state index contributed by atoms with van der Waals surface area (Å²) in [5, 5.41) is 11.5. The number of hydrogen-bond acceptors (Lipinski definition) is 7. The number of esters is 1. The van der Waals surface area contributed by atoms with Crippen molar-refractivity contribution in [3.63, 3.8) is 0 Å². The standard InChI is InChI=1S/C23H16ClFN2O5S/c1-11-20(22(31)32-2)33-23(26-11)27-17(12-5-9-15(25)10-6-12)16(19(29)21(27)30)18(28)13-3-7-14(24)8-4-13/h3-10,17,28H,1-2H3/b18-16+/t17-/m1/s1. The zero-order chi connectivity index (χ0) is 23.9. The van der Waals surface area contributed by atoms with Crippen LogP contribution in [0.3, 0.4) is 0 Å². The zero-order valence-corrected chi connectivity index (χ0v) is 18.9. The third kappa shape index (κ3) is 4.01. The molecule has 1 atom stereocenters. The Morgan fingerprint density at radius 2 is 1.79 bits per heavy atom. The van der Waals surface area contributed by atoms with Crippen LogP contribution in [-0.2, 0) is 14.3 Å². The molecule has 1 aliphatic heterocycles. The molecule has 7 nitrogen and oxygen atoms in total. The van der Waals surface area contributed by atoms with Gasteiger partial charge in [-0.15, -0.1) is 0 Å². The van der Waals surface area contributed by atoms with Gasteiger partial charge in [0.1, 0.15) is 16.5 Å². The zero-order valence-electron chi connectivity index (χ0n) is 17.3. The number of aliphatic hydroxyl groups is 1. The molecule has 33 heavy (non-hydrogen) atoms. The number of carbonyl (C=O) groups excluding carboxylic acids is 3. The van der Waals surface area contributed by atoms with Crippen LogP contribution in [0, 0.1) is 12.7 Å². The van der Waals surface area contributed by atoms with E-state index >= 15 is 0 Å². The SMILES string of the molecule is COC(=O)c1sc(N2C(=O)C(=O)/C(=C(/O)c3ccc(Cl)cc3)[C@H]2c2ccc(F)cc2)nc1C. The minimum absolute atomic E-state index is 0.0690. The van der Waals surface area contributed by atoms with E-state index < -0.39 is 35.3 Å². The van der Waals surface area contributed by atoms with Crippen LogP contribution in [0.2, 0.25) is 5.02 Å². The summed E-state index contributed by atoms with van der Waals surface area (Å²) in [6, 6.07) is 10.2. The molecule has 0 aliphatic carbocycles. The second-order valence-corrected chi connectivity index (χ2v) is 8.54. The Bertz CT molecular complexity index is 1300. The average Bonchev–Trinajstić information content (AvgIpc) is 3.31. The fourth-order valence-electron chi connectivity index (χ4n) is 3.52. The van der Waals surface area contributed by atoms with Gasteiger partial charge in [-0.2, -0.15) is 0 Å². The number of ether oxygens (including phenoxy) is 1. The van der Waals surface area contributed by atoms with Crippen molar-refractivity contribution in [2.24, 2.45) is 0 Å². The van der Waals surface area contributed by atoms with E-state index in [1.54, 1.807) is 6.92 Å². The highest BCUT2D eigenvalue weighted by Crippen LogP contribution is 2.44. The fourth-order valence-corrected chi connectivity index (χ4v) is 4.66. The molecule has 1 fully saturated rings. The van der Waals surface area contributed by atoms with E-state index in [1.165, 1.54) is 55.6 Å². The minimum Gasteiger partial charge on any atom is -0.507 e. The van der Waals surface area contributed by atoms with Gasteiger partial charge in [0.2, 0.25) is 0 Å². The van der Waals surface area contributed by atoms with Crippen LogP contribution in [0.1, 0.15) is 32.5 Å². The lowest BCUT2D eigenvalue weighted by Crippen LogP contribution is -2.29. The second-order valence-electron chi connectivity index (χ2n) is 7.13. The minimum atomic E-state index is -1.10. The Balaban J connectivity index is 1.93. The Kier molecular flexibility index (Phi) is 6.01. The van der Waals surface area contributed by atoms with Gasteiger partial charge in [-0.3, -0.25) is 14.5 Å². The van der Waals surface area contributed by atoms with Crippen LogP contribution in [0.5, 0.6) is 0 Å². The third-order valence-corrected chi connectivity index (χ3v) is 6.50. The van der Waals surface area contributed by atoms with Crippen LogP contribution in [0.25, 0.3) is 5.76 Å². The molecule has 0 saturated carbocycles. The number of carbonyl (C=O) groups is 3. The normalized spacial score (nSPS) is 17.5. The number of nitrogens with zero attached hydrogens (tertiary/aromatic N) is 2. The van der Waals surface area contributed by atoms with Gasteiger partial charge in [0.05, 0.1) is 24.4 Å². The van der Waals surface area contributed by atoms with Crippen LogP contribution >= 0.6 is 22.9 Å². The fraction of sp³-hybridized carbons (Fsp3) is 0.130. The van der Waals surface area contributed by atoms with Gasteiger partial charge in [-0.25, -0.2) is 14.2 Å². The van der Waals surface area contributed by atoms with Crippen molar-refractivity contribution in [2.75, 3.05) is 12.0 Å². The molecule has 2 heterocycles. The van der Waals surface area contributed by atoms with E-state index in [0.717, 1.165) is 16.2 Å². The van der Waals surface area contributed by atoms with Gasteiger partial charge in [0.25, 0.3) is 5.78 Å². The van der Waals surface area contributed by atoms with E-state index in [-0.39, 0.29) is 21.1 Å². The molecule has 4 rings (SSSR count). The number of aliphatic hydroxyl groups excluding tert-OH is 1. The summed E-state index contributed by atoms with van der Waals surface area (Å²) < 4.78 is 18.4. The van der Waals surface area contributed by atoms with Crippen molar-refractivity contribution in [2.45, 2.75) is 13.0 Å². The first-order valence-corrected chi connectivity index (χ1v) is 10.8. The van der Waals surface area contributed by atoms with E-state index in [0.29, 0.717) is 16.3 Å². The molecule has 0 radical (unpaired) electrons. The van der Waals surface area contributed by atoms with E-state index in [2.05, 4.69) is 4.98 Å². The number of methoxy groups -OCH3 is 1. The number of rotatable bonds is 4. The van der Waals surface area contributed by atoms with Gasteiger partial charge in [-0.05, 0) is 48.9 Å². The molecule has 0 unspecified atom stereocenters. The third-order valence-electron chi connectivity index (χ3n) is 5.11. The molecule has 10 heteroatoms. The lowest BCUT2D eigenvalue weighted by atomic mass is 9.95. The van der Waals surface area contributed by atoms with Gasteiger partial charge in [-0.1, -0.05) is 35.1 Å². The van der Waals surface area contributed by atoms with E-state index in [1.807, 2.05) is 0 Å². The summed E-state index contributed by atoms with van der Waals surface area (Å²) in [4.78, 5) is 43.8. The number of anilines is 1. The maximum absolute atomic E-state index is 13.6. The molecular formula is C23H16ClFN2O5S. The van der Waals surface area contributed by atoms with Crippen molar-refractivity contribution < 1.29 is 28.6 Å². The largest absolute Gasteiger partial charge is 0.507 e. The lowest BCUT2D eigenvalue weighted by Gasteiger charge is -2.23. The average molecular weight is 487 g/mol. The molecule has 1 aliphatic rings. The predicted molar refractivity (Wildman–Crippen MR) is 121 cm³/mol. The lowest BCUT2D eigenvalue weighted by molar-refractivity contribution is -0.132. The van der Waals surface area contributed by atoms with Crippen molar-refractivity contribution in [1.82, 2.24) is 4.98 Å². The van der Waals surface area contributed by atoms with Crippen molar-refractivity contribution >= 4 is 51.5 Å². The number of Topliss-reactive ketones (excluding diaryl/α,β-unsaturated/α-hetero) is 1. The quantitative estimate of drug-likeness (QED) is 0.249. The van der Waals surface area contributed by atoms with Gasteiger partial charge in [0, 0.05) is 10.6 Å². The number of benzene rings is 2. The van der Waals surface area contributed by atoms with Crippen LogP contribution in [0.4, 0.5) is 9.52 Å². The van der Waals surface area contributed by atoms with Crippen molar-refractivity contribution in [1.29, 1.82) is 0 Å². The monoisotopic (exact) mass is 486 g/mol. The second kappa shape index (κ2) is 8.76. The number of amides is 1. The van der Waals surface area contributed by atoms with Gasteiger partial charge >= 0.3 is 11.9 Å². The summed E-state index contributed by atoms with van der Waals surface area (Å²) >= 11 is 6.80. The molecule has 0 bridgehead atoms. The molecule has 1 amide bonds. The van der Waals surface area contributed by atoms with Crippen molar-refractivity contribution in [3.8, 4) is 0 Å². The first-order valence-electron chi connectivity index (χ1n) is 9.61. The van der Waals surface area contributed by atoms with Crippen LogP contribution in [0.15, 0.2) is 54.1 Å². The summed E-state index contributed by atoms with van der Waals surface area (Å²) in [6.07, 6.45) is 0. The Morgan fingerprint density at radius 3 is 2.39 bits per heavy atom. The number of ketones is 1. The molecule has 1 N–H and O–H groups in total. The molecule has 168 valence electrons. The highest BCUT2D eigenvalue weighted by atomic mass is 35.5. The molecule has 1 saturated heterocycles. The number of thiazole rings is 1. The number of halogens is 2. The maximum Gasteiger partial charge on any atom is 0.350 e. The molecule has 3 aromatic rings.